The van der Waals surface area contributed by atoms with Crippen LogP contribution in [0.25, 0.3) is 0 Å². The predicted octanol–water partition coefficient (Wildman–Crippen LogP) is 1.10. The highest BCUT2D eigenvalue weighted by Crippen LogP contribution is 2.14. The molecule has 0 radical (unpaired) electrons. The average molecular weight is 280 g/mol. The number of anilines is 1. The molecule has 1 rings (SSSR count). The Labute approximate surface area is 107 Å². The number of hydrogen-bond acceptors (Lipinski definition) is 5. The van der Waals surface area contributed by atoms with Gasteiger partial charge in [-0.05, 0) is 6.07 Å². The number of nitrogens with one attached hydrogen (secondary N) is 1. The summed E-state index contributed by atoms with van der Waals surface area (Å²) < 4.78 is 39.7. The number of rotatable bonds is 6. The van der Waals surface area contributed by atoms with E-state index in [2.05, 4.69) is 20.0 Å². The van der Waals surface area contributed by atoms with E-state index in [1.54, 1.807) is 0 Å². The maximum Gasteiger partial charge on any atom is 0.411 e. The Morgan fingerprint density at radius 3 is 2.83 bits per heavy atom. The molecule has 0 amide bonds. The Morgan fingerprint density at radius 2 is 2.22 bits per heavy atom. The molecule has 0 bridgehead atoms. The third-order valence-electron chi connectivity index (χ3n) is 1.70. The second-order valence-electron chi connectivity index (χ2n) is 3.22. The fraction of sp³-hybridized carbons (Fsp3) is 0.444. The lowest BCUT2D eigenvalue weighted by molar-refractivity contribution is -0.172. The van der Waals surface area contributed by atoms with Crippen molar-refractivity contribution in [2.75, 3.05) is 25.1 Å². The van der Waals surface area contributed by atoms with Gasteiger partial charge in [0.05, 0.1) is 6.61 Å². The largest absolute Gasteiger partial charge is 0.411 e. The SMILES string of the molecule is NC(=S)c1ccnc(NCCOCC(F)(F)F)n1. The summed E-state index contributed by atoms with van der Waals surface area (Å²) in [6.07, 6.45) is -2.87. The Morgan fingerprint density at radius 1 is 1.50 bits per heavy atom. The summed E-state index contributed by atoms with van der Waals surface area (Å²) in [6, 6.07) is 1.54. The molecule has 0 saturated carbocycles. The molecule has 5 nitrogen and oxygen atoms in total. The summed E-state index contributed by atoms with van der Waals surface area (Å²) in [4.78, 5) is 7.92. The quantitative estimate of drug-likeness (QED) is 0.600. The Balaban J connectivity index is 2.31. The highest BCUT2D eigenvalue weighted by Gasteiger charge is 2.27. The molecule has 0 aliphatic heterocycles. The van der Waals surface area contributed by atoms with Gasteiger partial charge in [-0.1, -0.05) is 12.2 Å². The number of nitrogens with two attached hydrogens (primary N) is 1. The van der Waals surface area contributed by atoms with E-state index in [4.69, 9.17) is 18.0 Å². The van der Waals surface area contributed by atoms with Crippen LogP contribution in [0.4, 0.5) is 19.1 Å². The first-order valence-corrected chi connectivity index (χ1v) is 5.30. The van der Waals surface area contributed by atoms with Gasteiger partial charge in [0.1, 0.15) is 17.3 Å². The van der Waals surface area contributed by atoms with Crippen LogP contribution in [-0.2, 0) is 4.74 Å². The van der Waals surface area contributed by atoms with Gasteiger partial charge in [-0.3, -0.25) is 0 Å². The smallest absolute Gasteiger partial charge is 0.388 e. The molecule has 0 aromatic carbocycles. The maximum absolute atomic E-state index is 11.7. The van der Waals surface area contributed by atoms with Crippen LogP contribution >= 0.6 is 12.2 Å². The molecule has 0 fully saturated rings. The van der Waals surface area contributed by atoms with E-state index in [1.165, 1.54) is 12.3 Å². The first-order chi connectivity index (χ1) is 8.38. The minimum atomic E-state index is -4.32. The Bertz CT molecular complexity index is 413. The van der Waals surface area contributed by atoms with E-state index < -0.39 is 12.8 Å². The first-order valence-electron chi connectivity index (χ1n) is 4.90. The van der Waals surface area contributed by atoms with Gasteiger partial charge in [-0.15, -0.1) is 0 Å². The summed E-state index contributed by atoms with van der Waals surface area (Å²) in [6.45, 7) is -1.24. The summed E-state index contributed by atoms with van der Waals surface area (Å²) >= 11 is 4.73. The first kappa shape index (κ1) is 14.6. The van der Waals surface area contributed by atoms with Crippen LogP contribution in [-0.4, -0.2) is 40.9 Å². The molecular formula is C9H11F3N4OS. The zero-order chi connectivity index (χ0) is 13.6. The number of nitrogens with zero attached hydrogens (tertiary/aromatic N) is 2. The van der Waals surface area contributed by atoms with Crippen LogP contribution in [0.15, 0.2) is 12.3 Å². The molecule has 100 valence electrons. The third kappa shape index (κ3) is 5.73. The van der Waals surface area contributed by atoms with Crippen LogP contribution in [0.1, 0.15) is 5.69 Å². The molecule has 1 aromatic heterocycles. The van der Waals surface area contributed by atoms with Crippen molar-refractivity contribution in [2.45, 2.75) is 6.18 Å². The summed E-state index contributed by atoms with van der Waals surface area (Å²) in [7, 11) is 0. The molecule has 0 spiro atoms. The molecule has 0 saturated heterocycles. The third-order valence-corrected chi connectivity index (χ3v) is 1.91. The molecule has 0 aliphatic carbocycles. The lowest BCUT2D eigenvalue weighted by atomic mass is 10.4. The van der Waals surface area contributed by atoms with Gasteiger partial charge >= 0.3 is 6.18 Å². The highest BCUT2D eigenvalue weighted by atomic mass is 32.1. The maximum atomic E-state index is 11.7. The van der Waals surface area contributed by atoms with Crippen molar-refractivity contribution < 1.29 is 17.9 Å². The van der Waals surface area contributed by atoms with E-state index in [0.717, 1.165) is 0 Å². The van der Waals surface area contributed by atoms with Crippen LogP contribution in [0.3, 0.4) is 0 Å². The normalized spacial score (nSPS) is 11.3. The van der Waals surface area contributed by atoms with Crippen LogP contribution in [0.5, 0.6) is 0 Å². The Hall–Kier alpha value is -1.48. The number of ether oxygens (including phenoxy) is 1. The van der Waals surface area contributed by atoms with Gasteiger partial charge in [0, 0.05) is 12.7 Å². The van der Waals surface area contributed by atoms with Crippen molar-refractivity contribution in [1.82, 2.24) is 9.97 Å². The van der Waals surface area contributed by atoms with Gasteiger partial charge in [-0.25, -0.2) is 9.97 Å². The van der Waals surface area contributed by atoms with E-state index in [1.807, 2.05) is 0 Å². The minimum absolute atomic E-state index is 0.111. The number of alkyl halides is 3. The molecule has 0 atom stereocenters. The fourth-order valence-electron chi connectivity index (χ4n) is 1.00. The zero-order valence-corrected chi connectivity index (χ0v) is 10.0. The van der Waals surface area contributed by atoms with E-state index in [-0.39, 0.29) is 24.1 Å². The predicted molar refractivity (Wildman–Crippen MR) is 63.3 cm³/mol. The number of aromatic nitrogens is 2. The van der Waals surface area contributed by atoms with Crippen molar-refractivity contribution in [2.24, 2.45) is 5.73 Å². The number of thiocarbonyl (C=S) groups is 1. The van der Waals surface area contributed by atoms with Gasteiger partial charge in [0.2, 0.25) is 5.95 Å². The van der Waals surface area contributed by atoms with Crippen molar-refractivity contribution in [3.8, 4) is 0 Å². The average Bonchev–Trinajstić information content (AvgIpc) is 2.27. The molecule has 9 heteroatoms. The van der Waals surface area contributed by atoms with E-state index >= 15 is 0 Å². The van der Waals surface area contributed by atoms with Gasteiger partial charge in [0.15, 0.2) is 0 Å². The molecule has 0 unspecified atom stereocenters. The topological polar surface area (TPSA) is 73.1 Å². The zero-order valence-electron chi connectivity index (χ0n) is 9.20. The van der Waals surface area contributed by atoms with Crippen LogP contribution in [0.2, 0.25) is 0 Å². The van der Waals surface area contributed by atoms with E-state index in [0.29, 0.717) is 5.69 Å². The number of hydrogen-bond donors (Lipinski definition) is 2. The summed E-state index contributed by atoms with van der Waals surface area (Å²) in [5, 5.41) is 2.70. The van der Waals surface area contributed by atoms with Crippen LogP contribution in [0, 0.1) is 0 Å². The molecular weight excluding hydrogens is 269 g/mol. The monoisotopic (exact) mass is 280 g/mol. The molecule has 0 aliphatic rings. The van der Waals surface area contributed by atoms with Crippen molar-refractivity contribution in [1.29, 1.82) is 0 Å². The molecule has 3 N–H and O–H groups in total. The fourth-order valence-corrected chi connectivity index (χ4v) is 1.12. The standard InChI is InChI=1S/C9H11F3N4OS/c10-9(11,12)5-17-4-3-15-8-14-2-1-6(16-8)7(13)18/h1-2H,3-5H2,(H2,13,18)(H,14,15,16). The van der Waals surface area contributed by atoms with Crippen LogP contribution < -0.4 is 11.1 Å². The van der Waals surface area contributed by atoms with Gasteiger partial charge in [0.25, 0.3) is 0 Å². The van der Waals surface area contributed by atoms with E-state index in [9.17, 15) is 13.2 Å². The number of halogens is 3. The molecule has 1 aromatic rings. The van der Waals surface area contributed by atoms with Gasteiger partial charge < -0.3 is 15.8 Å². The highest BCUT2D eigenvalue weighted by molar-refractivity contribution is 7.80. The summed E-state index contributed by atoms with van der Waals surface area (Å²) in [5.41, 5.74) is 5.76. The minimum Gasteiger partial charge on any atom is -0.388 e. The Kier molecular flexibility index (Phi) is 5.23. The van der Waals surface area contributed by atoms with Crippen molar-refractivity contribution in [3.05, 3.63) is 18.0 Å². The molecule has 18 heavy (non-hydrogen) atoms. The molecule has 1 heterocycles. The van der Waals surface area contributed by atoms with Crippen molar-refractivity contribution in [3.63, 3.8) is 0 Å². The second-order valence-corrected chi connectivity index (χ2v) is 3.66. The lowest BCUT2D eigenvalue weighted by Gasteiger charge is -2.08. The lowest BCUT2D eigenvalue weighted by Crippen LogP contribution is -2.21. The second kappa shape index (κ2) is 6.45. The van der Waals surface area contributed by atoms with Crippen molar-refractivity contribution >= 4 is 23.2 Å². The summed E-state index contributed by atoms with van der Waals surface area (Å²) in [5.74, 6) is 0.232. The van der Waals surface area contributed by atoms with Gasteiger partial charge in [-0.2, -0.15) is 13.2 Å².